The molecule has 0 N–H and O–H groups in total. The molecule has 1 aliphatic heterocycles. The number of rotatable bonds is 8. The summed E-state index contributed by atoms with van der Waals surface area (Å²) in [5.74, 6) is 1.23. The Balaban J connectivity index is 1.98. The van der Waals surface area contributed by atoms with Crippen LogP contribution in [0.15, 0.2) is 24.3 Å². The first-order valence-electron chi connectivity index (χ1n) is 8.39. The van der Waals surface area contributed by atoms with Crippen LogP contribution in [0.1, 0.15) is 12.8 Å². The van der Waals surface area contributed by atoms with Crippen LogP contribution in [-0.2, 0) is 9.53 Å². The second-order valence-corrected chi connectivity index (χ2v) is 6.17. The lowest BCUT2D eigenvalue weighted by Gasteiger charge is -2.35. The lowest BCUT2D eigenvalue weighted by atomic mass is 10.1. The summed E-state index contributed by atoms with van der Waals surface area (Å²) in [6.07, 6.45) is 1.77. The average molecular weight is 336 g/mol. The maximum Gasteiger partial charge on any atom is 0.260 e. The summed E-state index contributed by atoms with van der Waals surface area (Å²) in [6, 6.07) is 7.60. The number of para-hydroxylation sites is 2. The number of ether oxygens (including phenoxy) is 3. The van der Waals surface area contributed by atoms with E-state index in [2.05, 4.69) is 4.90 Å². The summed E-state index contributed by atoms with van der Waals surface area (Å²) in [4.78, 5) is 16.8. The predicted molar refractivity (Wildman–Crippen MR) is 92.6 cm³/mol. The second-order valence-electron chi connectivity index (χ2n) is 6.17. The molecule has 6 heteroatoms. The Bertz CT molecular complexity index is 515. The van der Waals surface area contributed by atoms with Gasteiger partial charge in [0, 0.05) is 32.3 Å². The second kappa shape index (κ2) is 9.49. The van der Waals surface area contributed by atoms with Crippen LogP contribution in [0.3, 0.4) is 0 Å². The molecule has 0 bridgehead atoms. The number of methoxy groups -OCH3 is 1. The van der Waals surface area contributed by atoms with Gasteiger partial charge in [-0.05, 0) is 39.1 Å². The van der Waals surface area contributed by atoms with Crippen molar-refractivity contribution in [3.63, 3.8) is 0 Å². The maximum atomic E-state index is 12.7. The minimum atomic E-state index is 0.00894. The average Bonchev–Trinajstić information content (AvgIpc) is 2.61. The molecule has 0 unspecified atom stereocenters. The van der Waals surface area contributed by atoms with Crippen molar-refractivity contribution in [2.24, 2.45) is 0 Å². The largest absolute Gasteiger partial charge is 0.493 e. The van der Waals surface area contributed by atoms with E-state index >= 15 is 0 Å². The number of benzene rings is 1. The van der Waals surface area contributed by atoms with Crippen LogP contribution in [0.4, 0.5) is 0 Å². The predicted octanol–water partition coefficient (Wildman–Crippen LogP) is 1.64. The Hall–Kier alpha value is -1.79. The molecule has 1 amide bonds. The minimum absolute atomic E-state index is 0.00894. The molecule has 0 saturated carbocycles. The van der Waals surface area contributed by atoms with Crippen molar-refractivity contribution in [1.82, 2.24) is 9.80 Å². The number of amides is 1. The van der Waals surface area contributed by atoms with Crippen molar-refractivity contribution in [3.8, 4) is 11.5 Å². The highest BCUT2D eigenvalue weighted by atomic mass is 16.5. The van der Waals surface area contributed by atoms with Gasteiger partial charge in [-0.15, -0.1) is 0 Å². The summed E-state index contributed by atoms with van der Waals surface area (Å²) in [5.41, 5.74) is 0. The third-order valence-electron chi connectivity index (χ3n) is 4.16. The van der Waals surface area contributed by atoms with Crippen molar-refractivity contribution in [2.45, 2.75) is 18.9 Å². The van der Waals surface area contributed by atoms with Crippen LogP contribution in [0.2, 0.25) is 0 Å². The highest BCUT2D eigenvalue weighted by Crippen LogP contribution is 2.26. The van der Waals surface area contributed by atoms with E-state index in [1.54, 1.807) is 7.11 Å². The molecular formula is C18H28N2O4. The molecule has 0 atom stereocenters. The van der Waals surface area contributed by atoms with E-state index in [0.29, 0.717) is 31.3 Å². The van der Waals surface area contributed by atoms with E-state index in [1.807, 2.05) is 43.3 Å². The number of likely N-dealkylation sites (N-methyl/N-ethyl adjacent to an activating group) is 1. The van der Waals surface area contributed by atoms with E-state index < -0.39 is 0 Å². The lowest BCUT2D eigenvalue weighted by molar-refractivity contribution is -0.137. The van der Waals surface area contributed by atoms with E-state index in [-0.39, 0.29) is 18.6 Å². The molecule has 1 aromatic carbocycles. The van der Waals surface area contributed by atoms with Crippen molar-refractivity contribution < 1.29 is 19.0 Å². The fraction of sp³-hybridized carbons (Fsp3) is 0.611. The Kier molecular flexibility index (Phi) is 7.34. The molecule has 6 nitrogen and oxygen atoms in total. The zero-order valence-corrected chi connectivity index (χ0v) is 14.9. The van der Waals surface area contributed by atoms with Crippen LogP contribution >= 0.6 is 0 Å². The first kappa shape index (κ1) is 18.5. The molecule has 1 fully saturated rings. The fourth-order valence-electron chi connectivity index (χ4n) is 2.78. The molecule has 0 aromatic heterocycles. The summed E-state index contributed by atoms with van der Waals surface area (Å²) in [5, 5.41) is 0. The first-order chi connectivity index (χ1) is 11.6. The first-order valence-corrected chi connectivity index (χ1v) is 8.39. The van der Waals surface area contributed by atoms with Gasteiger partial charge in [0.25, 0.3) is 5.91 Å². The third kappa shape index (κ3) is 5.39. The van der Waals surface area contributed by atoms with Gasteiger partial charge >= 0.3 is 0 Å². The van der Waals surface area contributed by atoms with Crippen molar-refractivity contribution >= 4 is 5.91 Å². The minimum Gasteiger partial charge on any atom is -0.493 e. The highest BCUT2D eigenvalue weighted by Gasteiger charge is 2.26. The van der Waals surface area contributed by atoms with Gasteiger partial charge in [-0.25, -0.2) is 0 Å². The topological polar surface area (TPSA) is 51.2 Å². The molecule has 1 heterocycles. The van der Waals surface area contributed by atoms with Gasteiger partial charge in [0.2, 0.25) is 0 Å². The maximum absolute atomic E-state index is 12.7. The van der Waals surface area contributed by atoms with Crippen molar-refractivity contribution in [2.75, 3.05) is 54.1 Å². The molecule has 2 rings (SSSR count). The van der Waals surface area contributed by atoms with Gasteiger partial charge < -0.3 is 24.0 Å². The Morgan fingerprint density at radius 3 is 2.46 bits per heavy atom. The molecule has 1 saturated heterocycles. The Morgan fingerprint density at radius 2 is 1.83 bits per heavy atom. The quantitative estimate of drug-likeness (QED) is 0.722. The Morgan fingerprint density at radius 1 is 1.17 bits per heavy atom. The molecule has 0 spiro atoms. The zero-order chi connectivity index (χ0) is 17.4. The van der Waals surface area contributed by atoms with Gasteiger partial charge in [-0.1, -0.05) is 12.1 Å². The van der Waals surface area contributed by atoms with E-state index in [9.17, 15) is 4.79 Å². The summed E-state index contributed by atoms with van der Waals surface area (Å²) < 4.78 is 16.4. The van der Waals surface area contributed by atoms with Gasteiger partial charge in [0.05, 0.1) is 7.11 Å². The molecule has 1 aliphatic rings. The van der Waals surface area contributed by atoms with Crippen LogP contribution < -0.4 is 9.47 Å². The van der Waals surface area contributed by atoms with Crippen LogP contribution in [0, 0.1) is 0 Å². The summed E-state index contributed by atoms with van der Waals surface area (Å²) >= 11 is 0. The van der Waals surface area contributed by atoms with Crippen LogP contribution in [0.25, 0.3) is 0 Å². The number of hydrogen-bond acceptors (Lipinski definition) is 5. The van der Waals surface area contributed by atoms with Gasteiger partial charge in [-0.3, -0.25) is 4.79 Å². The summed E-state index contributed by atoms with van der Waals surface area (Å²) in [6.45, 7) is 2.97. The SMILES string of the molecule is COc1ccccc1OCC(=O)N(CCN(C)C)C1CCOCC1. The highest BCUT2D eigenvalue weighted by molar-refractivity contribution is 5.78. The molecule has 0 aliphatic carbocycles. The molecule has 134 valence electrons. The van der Waals surface area contributed by atoms with E-state index in [0.717, 1.165) is 19.4 Å². The fourth-order valence-corrected chi connectivity index (χ4v) is 2.78. The Labute approximate surface area is 144 Å². The zero-order valence-electron chi connectivity index (χ0n) is 14.9. The van der Waals surface area contributed by atoms with E-state index in [1.165, 1.54) is 0 Å². The number of carbonyl (C=O) groups excluding carboxylic acids is 1. The monoisotopic (exact) mass is 336 g/mol. The normalized spacial score (nSPS) is 15.3. The van der Waals surface area contributed by atoms with Gasteiger partial charge in [0.1, 0.15) is 0 Å². The number of hydrogen-bond donors (Lipinski definition) is 0. The molecule has 24 heavy (non-hydrogen) atoms. The van der Waals surface area contributed by atoms with Gasteiger partial charge in [-0.2, -0.15) is 0 Å². The smallest absolute Gasteiger partial charge is 0.260 e. The standard InChI is InChI=1S/C18H28N2O4/c1-19(2)10-11-20(15-8-12-23-13-9-15)18(21)14-24-17-7-5-4-6-16(17)22-3/h4-7,15H,8-14H2,1-3H3. The number of nitrogens with zero attached hydrogens (tertiary/aromatic N) is 2. The number of carbonyl (C=O) groups is 1. The molecule has 0 radical (unpaired) electrons. The molecular weight excluding hydrogens is 308 g/mol. The third-order valence-corrected chi connectivity index (χ3v) is 4.16. The van der Waals surface area contributed by atoms with Gasteiger partial charge in [0.15, 0.2) is 18.1 Å². The van der Waals surface area contributed by atoms with Crippen molar-refractivity contribution in [1.29, 1.82) is 0 Å². The van der Waals surface area contributed by atoms with E-state index in [4.69, 9.17) is 14.2 Å². The summed E-state index contributed by atoms with van der Waals surface area (Å²) in [7, 11) is 5.62. The van der Waals surface area contributed by atoms with Crippen LogP contribution in [0.5, 0.6) is 11.5 Å². The lowest BCUT2D eigenvalue weighted by Crippen LogP contribution is -2.48. The van der Waals surface area contributed by atoms with Crippen LogP contribution in [-0.4, -0.2) is 75.9 Å². The van der Waals surface area contributed by atoms with Crippen molar-refractivity contribution in [3.05, 3.63) is 24.3 Å². The molecule has 1 aromatic rings.